The predicted octanol–water partition coefficient (Wildman–Crippen LogP) is 1.93. The van der Waals surface area contributed by atoms with Crippen molar-refractivity contribution in [3.8, 4) is 0 Å². The van der Waals surface area contributed by atoms with Crippen molar-refractivity contribution in [1.29, 1.82) is 0 Å². The van der Waals surface area contributed by atoms with Gasteiger partial charge in [-0.25, -0.2) is 0 Å². The van der Waals surface area contributed by atoms with Gasteiger partial charge < -0.3 is 10.5 Å². The Morgan fingerprint density at radius 2 is 2.25 bits per heavy atom. The standard InChI is InChI=1S/C10H21NO/c1-4-10(8(2)3)6-5-9(7-11)12-10/h8-9H,4-7,11H2,1-3H3. The molecule has 1 aliphatic rings. The molecule has 0 bridgehead atoms. The molecule has 1 fully saturated rings. The lowest BCUT2D eigenvalue weighted by molar-refractivity contribution is -0.0703. The lowest BCUT2D eigenvalue weighted by Gasteiger charge is -2.32. The topological polar surface area (TPSA) is 35.2 Å². The molecule has 2 nitrogen and oxygen atoms in total. The fourth-order valence-corrected chi connectivity index (χ4v) is 2.11. The third-order valence-corrected chi connectivity index (χ3v) is 3.20. The molecule has 0 aromatic rings. The Labute approximate surface area is 75.5 Å². The van der Waals surface area contributed by atoms with E-state index in [-0.39, 0.29) is 5.60 Å². The average Bonchev–Trinajstić information content (AvgIpc) is 2.48. The van der Waals surface area contributed by atoms with Crippen LogP contribution in [0.4, 0.5) is 0 Å². The van der Waals surface area contributed by atoms with Crippen molar-refractivity contribution in [3.05, 3.63) is 0 Å². The number of rotatable bonds is 3. The lowest BCUT2D eigenvalue weighted by Crippen LogP contribution is -2.35. The summed E-state index contributed by atoms with van der Waals surface area (Å²) in [5.74, 6) is 0.610. The summed E-state index contributed by atoms with van der Waals surface area (Å²) in [6.45, 7) is 7.36. The molecule has 1 heterocycles. The zero-order chi connectivity index (χ0) is 9.19. The van der Waals surface area contributed by atoms with Gasteiger partial charge >= 0.3 is 0 Å². The maximum Gasteiger partial charge on any atom is 0.0708 e. The summed E-state index contributed by atoms with van der Waals surface area (Å²) in [4.78, 5) is 0. The maximum absolute atomic E-state index is 5.98. The predicted molar refractivity (Wildman–Crippen MR) is 51.0 cm³/mol. The highest BCUT2D eigenvalue weighted by Crippen LogP contribution is 2.38. The molecular weight excluding hydrogens is 150 g/mol. The lowest BCUT2D eigenvalue weighted by atomic mass is 9.85. The summed E-state index contributed by atoms with van der Waals surface area (Å²) in [6.07, 6.45) is 3.75. The molecule has 2 N–H and O–H groups in total. The van der Waals surface area contributed by atoms with Crippen LogP contribution in [0.1, 0.15) is 40.0 Å². The van der Waals surface area contributed by atoms with Crippen LogP contribution in [0.15, 0.2) is 0 Å². The Hall–Kier alpha value is -0.0800. The summed E-state index contributed by atoms with van der Waals surface area (Å²) >= 11 is 0. The maximum atomic E-state index is 5.98. The van der Waals surface area contributed by atoms with Crippen LogP contribution in [0.5, 0.6) is 0 Å². The second-order valence-corrected chi connectivity index (χ2v) is 4.09. The van der Waals surface area contributed by atoms with Crippen molar-refractivity contribution in [3.63, 3.8) is 0 Å². The van der Waals surface area contributed by atoms with Crippen LogP contribution in [0.25, 0.3) is 0 Å². The second kappa shape index (κ2) is 3.75. The van der Waals surface area contributed by atoms with E-state index in [4.69, 9.17) is 10.5 Å². The van der Waals surface area contributed by atoms with E-state index in [1.807, 2.05) is 0 Å². The molecule has 0 radical (unpaired) electrons. The molecule has 0 saturated carbocycles. The first-order chi connectivity index (χ1) is 5.64. The Balaban J connectivity index is 2.59. The molecular formula is C10H21NO. The SMILES string of the molecule is CCC1(C(C)C)CCC(CN)O1. The minimum Gasteiger partial charge on any atom is -0.370 e. The van der Waals surface area contributed by atoms with Gasteiger partial charge in [-0.2, -0.15) is 0 Å². The van der Waals surface area contributed by atoms with E-state index in [0.29, 0.717) is 18.6 Å². The molecule has 0 amide bonds. The number of ether oxygens (including phenoxy) is 1. The van der Waals surface area contributed by atoms with Crippen molar-refractivity contribution >= 4 is 0 Å². The minimum absolute atomic E-state index is 0.129. The second-order valence-electron chi connectivity index (χ2n) is 4.09. The van der Waals surface area contributed by atoms with Gasteiger partial charge in [-0.15, -0.1) is 0 Å². The monoisotopic (exact) mass is 171 g/mol. The van der Waals surface area contributed by atoms with Gasteiger partial charge in [-0.1, -0.05) is 20.8 Å². The van der Waals surface area contributed by atoms with Gasteiger partial charge in [0.15, 0.2) is 0 Å². The number of nitrogens with two attached hydrogens (primary N) is 1. The van der Waals surface area contributed by atoms with Crippen LogP contribution < -0.4 is 5.73 Å². The van der Waals surface area contributed by atoms with Crippen LogP contribution in [0.3, 0.4) is 0 Å². The summed E-state index contributed by atoms with van der Waals surface area (Å²) < 4.78 is 5.98. The third-order valence-electron chi connectivity index (χ3n) is 3.20. The molecule has 0 spiro atoms. The van der Waals surface area contributed by atoms with Gasteiger partial charge in [0.1, 0.15) is 0 Å². The van der Waals surface area contributed by atoms with E-state index >= 15 is 0 Å². The molecule has 12 heavy (non-hydrogen) atoms. The number of hydrogen-bond donors (Lipinski definition) is 1. The highest BCUT2D eigenvalue weighted by Gasteiger charge is 2.40. The molecule has 1 rings (SSSR count). The highest BCUT2D eigenvalue weighted by atomic mass is 16.5. The van der Waals surface area contributed by atoms with Gasteiger partial charge in [0.05, 0.1) is 11.7 Å². The van der Waals surface area contributed by atoms with E-state index < -0.39 is 0 Å². The van der Waals surface area contributed by atoms with Crippen molar-refractivity contribution in [2.24, 2.45) is 11.7 Å². The molecule has 0 aliphatic carbocycles. The molecule has 1 aliphatic heterocycles. The van der Waals surface area contributed by atoms with E-state index in [9.17, 15) is 0 Å². The molecule has 2 heteroatoms. The van der Waals surface area contributed by atoms with Crippen LogP contribution >= 0.6 is 0 Å². The zero-order valence-corrected chi connectivity index (χ0v) is 8.47. The third kappa shape index (κ3) is 1.64. The Morgan fingerprint density at radius 3 is 2.50 bits per heavy atom. The molecule has 2 unspecified atom stereocenters. The summed E-state index contributed by atoms with van der Waals surface area (Å²) in [5.41, 5.74) is 5.71. The summed E-state index contributed by atoms with van der Waals surface area (Å²) in [6, 6.07) is 0. The molecule has 72 valence electrons. The van der Waals surface area contributed by atoms with Crippen molar-refractivity contribution in [2.45, 2.75) is 51.7 Å². The quantitative estimate of drug-likeness (QED) is 0.704. The first-order valence-electron chi connectivity index (χ1n) is 5.02. The van der Waals surface area contributed by atoms with E-state index in [1.54, 1.807) is 0 Å². The van der Waals surface area contributed by atoms with Crippen molar-refractivity contribution < 1.29 is 4.74 Å². The van der Waals surface area contributed by atoms with Gasteiger partial charge in [0.2, 0.25) is 0 Å². The molecule has 0 aromatic heterocycles. The van der Waals surface area contributed by atoms with Crippen LogP contribution in [0, 0.1) is 5.92 Å². The normalized spacial score (nSPS) is 36.2. The van der Waals surface area contributed by atoms with E-state index in [1.165, 1.54) is 6.42 Å². The smallest absolute Gasteiger partial charge is 0.0708 e. The Morgan fingerprint density at radius 1 is 1.58 bits per heavy atom. The largest absolute Gasteiger partial charge is 0.370 e. The van der Waals surface area contributed by atoms with Gasteiger partial charge in [-0.05, 0) is 25.2 Å². The average molecular weight is 171 g/mol. The van der Waals surface area contributed by atoms with Crippen LogP contribution in [0.2, 0.25) is 0 Å². The molecule has 2 atom stereocenters. The van der Waals surface area contributed by atoms with E-state index in [0.717, 1.165) is 12.8 Å². The van der Waals surface area contributed by atoms with Gasteiger partial charge in [0.25, 0.3) is 0 Å². The number of hydrogen-bond acceptors (Lipinski definition) is 2. The minimum atomic E-state index is 0.129. The fourth-order valence-electron chi connectivity index (χ4n) is 2.11. The van der Waals surface area contributed by atoms with Gasteiger partial charge in [-0.3, -0.25) is 0 Å². The summed E-state index contributed by atoms with van der Waals surface area (Å²) in [5, 5.41) is 0. The Bertz CT molecular complexity index is 147. The fraction of sp³-hybridized carbons (Fsp3) is 1.00. The highest BCUT2D eigenvalue weighted by molar-refractivity contribution is 4.90. The van der Waals surface area contributed by atoms with Crippen LogP contribution in [-0.4, -0.2) is 18.2 Å². The van der Waals surface area contributed by atoms with Crippen LogP contribution in [-0.2, 0) is 4.74 Å². The summed E-state index contributed by atoms with van der Waals surface area (Å²) in [7, 11) is 0. The Kier molecular flexibility index (Phi) is 3.13. The van der Waals surface area contributed by atoms with Gasteiger partial charge in [0, 0.05) is 6.54 Å². The van der Waals surface area contributed by atoms with E-state index in [2.05, 4.69) is 20.8 Å². The zero-order valence-electron chi connectivity index (χ0n) is 8.47. The van der Waals surface area contributed by atoms with Crippen molar-refractivity contribution in [1.82, 2.24) is 0 Å². The molecule has 0 aromatic carbocycles. The van der Waals surface area contributed by atoms with Crippen molar-refractivity contribution in [2.75, 3.05) is 6.54 Å². The molecule has 1 saturated heterocycles. The first-order valence-corrected chi connectivity index (χ1v) is 5.02. The first kappa shape index (κ1) is 10.0.